The van der Waals surface area contributed by atoms with Crippen molar-refractivity contribution in [2.24, 2.45) is 0 Å². The molecule has 2 aliphatic rings. The van der Waals surface area contributed by atoms with E-state index in [0.717, 1.165) is 31.7 Å². The zero-order valence-corrected chi connectivity index (χ0v) is 16.2. The predicted octanol–water partition coefficient (Wildman–Crippen LogP) is 2.64. The number of Topliss-reactive ketones (excluding diaryl/α,β-unsaturated/α-hetero) is 1. The molecule has 2 aliphatic heterocycles. The van der Waals surface area contributed by atoms with E-state index in [0.29, 0.717) is 26.4 Å². The van der Waals surface area contributed by atoms with Crippen molar-refractivity contribution in [3.63, 3.8) is 0 Å². The molecule has 5 nitrogen and oxygen atoms in total. The van der Waals surface area contributed by atoms with Gasteiger partial charge in [0.25, 0.3) is 0 Å². The molecule has 4 rings (SSSR count). The first kappa shape index (κ1) is 19.3. The summed E-state index contributed by atoms with van der Waals surface area (Å²) in [6, 6.07) is 19.9. The van der Waals surface area contributed by atoms with Gasteiger partial charge in [-0.15, -0.1) is 0 Å². The van der Waals surface area contributed by atoms with E-state index in [1.54, 1.807) is 0 Å². The molecular formula is C23H28N2O3. The van der Waals surface area contributed by atoms with Crippen molar-refractivity contribution in [3.8, 4) is 0 Å². The molecule has 2 atom stereocenters. The van der Waals surface area contributed by atoms with Gasteiger partial charge in [0, 0.05) is 31.7 Å². The molecule has 28 heavy (non-hydrogen) atoms. The minimum atomic E-state index is -0.244. The van der Waals surface area contributed by atoms with Crippen LogP contribution in [0.5, 0.6) is 0 Å². The van der Waals surface area contributed by atoms with Gasteiger partial charge < -0.3 is 9.47 Å². The first-order valence-electron chi connectivity index (χ1n) is 10.1. The van der Waals surface area contributed by atoms with E-state index in [-0.39, 0.29) is 17.9 Å². The third kappa shape index (κ3) is 4.33. The van der Waals surface area contributed by atoms with Crippen molar-refractivity contribution in [1.29, 1.82) is 0 Å². The molecule has 0 radical (unpaired) electrons. The Kier molecular flexibility index (Phi) is 6.49. The molecule has 5 heteroatoms. The van der Waals surface area contributed by atoms with Crippen molar-refractivity contribution in [2.45, 2.75) is 12.1 Å². The maximum Gasteiger partial charge on any atom is 0.181 e. The number of hydrogen-bond donors (Lipinski definition) is 0. The van der Waals surface area contributed by atoms with Gasteiger partial charge in [-0.1, -0.05) is 60.7 Å². The zero-order valence-electron chi connectivity index (χ0n) is 16.2. The summed E-state index contributed by atoms with van der Waals surface area (Å²) >= 11 is 0. The summed E-state index contributed by atoms with van der Waals surface area (Å²) in [5.41, 5.74) is 1.96. The number of ether oxygens (including phenoxy) is 2. The first-order chi connectivity index (χ1) is 13.8. The van der Waals surface area contributed by atoms with Crippen LogP contribution in [0.2, 0.25) is 0 Å². The minimum absolute atomic E-state index is 0.00379. The summed E-state index contributed by atoms with van der Waals surface area (Å²) in [7, 11) is 0. The van der Waals surface area contributed by atoms with Crippen LogP contribution in [0.1, 0.15) is 22.0 Å². The fourth-order valence-electron chi connectivity index (χ4n) is 4.24. The molecule has 2 saturated heterocycles. The van der Waals surface area contributed by atoms with Crippen LogP contribution in [-0.4, -0.2) is 74.2 Å². The Hall–Kier alpha value is -2.05. The molecule has 2 heterocycles. The summed E-state index contributed by atoms with van der Waals surface area (Å²) < 4.78 is 11.2. The fraction of sp³-hybridized carbons (Fsp3) is 0.435. The van der Waals surface area contributed by atoms with E-state index >= 15 is 0 Å². The number of morpholine rings is 2. The Morgan fingerprint density at radius 3 is 1.79 bits per heavy atom. The van der Waals surface area contributed by atoms with E-state index in [4.69, 9.17) is 9.47 Å². The molecule has 148 valence electrons. The van der Waals surface area contributed by atoms with E-state index in [9.17, 15) is 4.79 Å². The highest BCUT2D eigenvalue weighted by atomic mass is 16.5. The van der Waals surface area contributed by atoms with Gasteiger partial charge in [0.1, 0.15) is 0 Å². The first-order valence-corrected chi connectivity index (χ1v) is 10.1. The highest BCUT2D eigenvalue weighted by Crippen LogP contribution is 2.31. The largest absolute Gasteiger partial charge is 0.379 e. The second-order valence-corrected chi connectivity index (χ2v) is 7.33. The SMILES string of the molecule is O=C(c1ccccc1)[C@H]([C@H](c1ccccc1)N1CCOCC1)N1CCOCC1. The van der Waals surface area contributed by atoms with Crippen molar-refractivity contribution in [1.82, 2.24) is 9.80 Å². The third-order valence-corrected chi connectivity index (χ3v) is 5.65. The highest BCUT2D eigenvalue weighted by molar-refractivity contribution is 6.00. The van der Waals surface area contributed by atoms with Crippen LogP contribution in [0, 0.1) is 0 Å². The van der Waals surface area contributed by atoms with Gasteiger partial charge in [-0.25, -0.2) is 0 Å². The summed E-state index contributed by atoms with van der Waals surface area (Å²) in [6.45, 7) is 5.97. The summed E-state index contributed by atoms with van der Waals surface area (Å²) in [5, 5.41) is 0. The number of carbonyl (C=O) groups excluding carboxylic acids is 1. The van der Waals surface area contributed by atoms with Crippen molar-refractivity contribution in [2.75, 3.05) is 52.6 Å². The molecule has 0 N–H and O–H groups in total. The molecule has 0 unspecified atom stereocenters. The molecule has 0 aromatic heterocycles. The second kappa shape index (κ2) is 9.43. The fourth-order valence-corrected chi connectivity index (χ4v) is 4.24. The van der Waals surface area contributed by atoms with Crippen molar-refractivity contribution >= 4 is 5.78 Å². The third-order valence-electron chi connectivity index (χ3n) is 5.65. The van der Waals surface area contributed by atoms with E-state index in [2.05, 4.69) is 34.1 Å². The smallest absolute Gasteiger partial charge is 0.181 e. The van der Waals surface area contributed by atoms with Gasteiger partial charge in [-0.3, -0.25) is 14.6 Å². The summed E-state index contributed by atoms with van der Waals surface area (Å²) in [4.78, 5) is 18.5. The van der Waals surface area contributed by atoms with Crippen LogP contribution in [-0.2, 0) is 9.47 Å². The Balaban J connectivity index is 1.74. The van der Waals surface area contributed by atoms with Gasteiger partial charge in [-0.05, 0) is 5.56 Å². The summed E-state index contributed by atoms with van der Waals surface area (Å²) in [5.74, 6) is 0.183. The van der Waals surface area contributed by atoms with E-state index < -0.39 is 0 Å². The maximum atomic E-state index is 13.8. The monoisotopic (exact) mass is 380 g/mol. The molecule has 0 aliphatic carbocycles. The molecule has 0 bridgehead atoms. The number of hydrogen-bond acceptors (Lipinski definition) is 5. The molecule has 2 aromatic carbocycles. The Labute approximate surface area is 166 Å². The number of benzene rings is 2. The number of ketones is 1. The number of nitrogens with zero attached hydrogens (tertiary/aromatic N) is 2. The highest BCUT2D eigenvalue weighted by Gasteiger charge is 2.39. The van der Waals surface area contributed by atoms with Crippen molar-refractivity contribution < 1.29 is 14.3 Å². The van der Waals surface area contributed by atoms with Gasteiger partial charge in [0.2, 0.25) is 0 Å². The minimum Gasteiger partial charge on any atom is -0.379 e. The van der Waals surface area contributed by atoms with Crippen LogP contribution >= 0.6 is 0 Å². The number of carbonyl (C=O) groups is 1. The van der Waals surface area contributed by atoms with Gasteiger partial charge in [0.05, 0.1) is 38.5 Å². The lowest BCUT2D eigenvalue weighted by molar-refractivity contribution is -0.0301. The zero-order chi connectivity index (χ0) is 19.2. The normalized spacial score (nSPS) is 21.1. The molecule has 2 fully saturated rings. The standard InChI is InChI=1S/C23H28N2O3/c26-23(20-9-5-2-6-10-20)22(25-13-17-28-18-14-25)21(19-7-3-1-4-8-19)24-11-15-27-16-12-24/h1-10,21-22H,11-18H2/t21-,22-/m0/s1. The Morgan fingerprint density at radius 1 is 0.714 bits per heavy atom. The number of rotatable bonds is 6. The Bertz CT molecular complexity index is 741. The topological polar surface area (TPSA) is 42.0 Å². The predicted molar refractivity (Wildman–Crippen MR) is 109 cm³/mol. The van der Waals surface area contributed by atoms with Crippen LogP contribution < -0.4 is 0 Å². The van der Waals surface area contributed by atoms with Crippen LogP contribution in [0.25, 0.3) is 0 Å². The van der Waals surface area contributed by atoms with Gasteiger partial charge in [0.15, 0.2) is 5.78 Å². The molecular weight excluding hydrogens is 352 g/mol. The average molecular weight is 380 g/mol. The molecule has 2 aromatic rings. The average Bonchev–Trinajstić information content (AvgIpc) is 2.79. The maximum absolute atomic E-state index is 13.8. The van der Waals surface area contributed by atoms with Crippen LogP contribution in [0.15, 0.2) is 60.7 Å². The molecule has 0 amide bonds. The van der Waals surface area contributed by atoms with E-state index in [1.807, 2.05) is 36.4 Å². The second-order valence-electron chi connectivity index (χ2n) is 7.33. The summed E-state index contributed by atoms with van der Waals surface area (Å²) in [6.07, 6.45) is 0. The van der Waals surface area contributed by atoms with Gasteiger partial charge in [-0.2, -0.15) is 0 Å². The van der Waals surface area contributed by atoms with E-state index in [1.165, 1.54) is 5.56 Å². The van der Waals surface area contributed by atoms with Gasteiger partial charge >= 0.3 is 0 Å². The molecule has 0 spiro atoms. The lowest BCUT2D eigenvalue weighted by atomic mass is 9.89. The van der Waals surface area contributed by atoms with Crippen LogP contribution in [0.4, 0.5) is 0 Å². The van der Waals surface area contributed by atoms with Crippen LogP contribution in [0.3, 0.4) is 0 Å². The van der Waals surface area contributed by atoms with Crippen molar-refractivity contribution in [3.05, 3.63) is 71.8 Å². The lowest BCUT2D eigenvalue weighted by Gasteiger charge is -2.44. The lowest BCUT2D eigenvalue weighted by Crippen LogP contribution is -2.55. The quantitative estimate of drug-likeness (QED) is 0.721. The molecule has 0 saturated carbocycles. The Morgan fingerprint density at radius 2 is 1.21 bits per heavy atom.